The summed E-state index contributed by atoms with van der Waals surface area (Å²) >= 11 is 0. The Bertz CT molecular complexity index is 775. The molecule has 0 aromatic heterocycles. The molecule has 1 aliphatic heterocycles. The molecule has 0 amide bonds. The van der Waals surface area contributed by atoms with Crippen molar-refractivity contribution in [1.29, 1.82) is 0 Å². The van der Waals surface area contributed by atoms with Gasteiger partial charge in [-0.15, -0.1) is 0 Å². The Morgan fingerprint density at radius 2 is 1.70 bits per heavy atom. The van der Waals surface area contributed by atoms with E-state index >= 15 is 0 Å². The van der Waals surface area contributed by atoms with E-state index in [1.807, 2.05) is 0 Å². The zero-order valence-electron chi connectivity index (χ0n) is 16.1. The Labute approximate surface area is 161 Å². The lowest BCUT2D eigenvalue weighted by Crippen LogP contribution is -2.29. The van der Waals surface area contributed by atoms with Crippen LogP contribution in [0.1, 0.15) is 35.6 Å². The van der Waals surface area contributed by atoms with Gasteiger partial charge in [0.25, 0.3) is 0 Å². The van der Waals surface area contributed by atoms with Gasteiger partial charge in [-0.05, 0) is 67.9 Å². The lowest BCUT2D eigenvalue weighted by molar-refractivity contribution is 0.116. The number of hydrogen-bond acceptors (Lipinski definition) is 4. The third-order valence-electron chi connectivity index (χ3n) is 6.12. The van der Waals surface area contributed by atoms with Crippen LogP contribution in [0.4, 0.5) is 0 Å². The van der Waals surface area contributed by atoms with Gasteiger partial charge in [0.15, 0.2) is 0 Å². The molecule has 1 unspecified atom stereocenters. The highest BCUT2D eigenvalue weighted by molar-refractivity contribution is 5.36. The summed E-state index contributed by atoms with van der Waals surface area (Å²) in [6, 6.07) is 13.2. The monoisotopic (exact) mass is 367 g/mol. The number of aryl methyl sites for hydroxylation is 2. The number of rotatable bonds is 5. The van der Waals surface area contributed by atoms with Gasteiger partial charge in [0.1, 0.15) is 11.5 Å². The molecule has 0 spiro atoms. The zero-order chi connectivity index (χ0) is 19.0. The normalized spacial score (nSPS) is 26.1. The predicted octanol–water partition coefficient (Wildman–Crippen LogP) is 3.83. The molecule has 4 rings (SSSR count). The van der Waals surface area contributed by atoms with Gasteiger partial charge >= 0.3 is 0 Å². The second kappa shape index (κ2) is 7.53. The van der Waals surface area contributed by atoms with E-state index in [9.17, 15) is 10.2 Å². The number of likely N-dealkylation sites (tertiary alicyclic amines) is 1. The van der Waals surface area contributed by atoms with Crippen molar-refractivity contribution in [2.75, 3.05) is 19.6 Å². The molecule has 144 valence electrons. The molecule has 2 aliphatic rings. The number of aliphatic hydroxyl groups excluding tert-OH is 1. The third-order valence-corrected chi connectivity index (χ3v) is 6.12. The molecular weight excluding hydrogens is 338 g/mol. The second-order valence-corrected chi connectivity index (χ2v) is 8.33. The third kappa shape index (κ3) is 4.12. The van der Waals surface area contributed by atoms with Crippen molar-refractivity contribution < 1.29 is 14.9 Å². The molecule has 2 aromatic rings. The van der Waals surface area contributed by atoms with Crippen LogP contribution in [0.3, 0.4) is 0 Å². The van der Waals surface area contributed by atoms with E-state index in [2.05, 4.69) is 36.9 Å². The van der Waals surface area contributed by atoms with E-state index < -0.39 is 6.10 Å². The van der Waals surface area contributed by atoms with Crippen LogP contribution in [0.15, 0.2) is 42.5 Å². The summed E-state index contributed by atoms with van der Waals surface area (Å²) in [6.45, 7) is 6.95. The fourth-order valence-electron chi connectivity index (χ4n) is 4.74. The molecule has 2 fully saturated rings. The minimum Gasteiger partial charge on any atom is -0.508 e. The van der Waals surface area contributed by atoms with Crippen molar-refractivity contribution in [1.82, 2.24) is 4.90 Å². The molecule has 2 aromatic carbocycles. The summed E-state index contributed by atoms with van der Waals surface area (Å²) < 4.78 is 6.30. The van der Waals surface area contributed by atoms with Gasteiger partial charge in [-0.25, -0.2) is 0 Å². The van der Waals surface area contributed by atoms with Gasteiger partial charge in [0.05, 0.1) is 12.2 Å². The van der Waals surface area contributed by atoms with Crippen LogP contribution in [0.5, 0.6) is 11.5 Å². The van der Waals surface area contributed by atoms with Gasteiger partial charge < -0.3 is 14.9 Å². The molecule has 4 atom stereocenters. The first kappa shape index (κ1) is 18.3. The number of benzene rings is 2. The predicted molar refractivity (Wildman–Crippen MR) is 106 cm³/mol. The number of aromatic hydroxyl groups is 1. The average Bonchev–Trinajstić information content (AvgIpc) is 3.15. The molecular formula is C23H29NO3. The van der Waals surface area contributed by atoms with E-state index in [1.165, 1.54) is 11.1 Å². The van der Waals surface area contributed by atoms with E-state index in [0.717, 1.165) is 37.2 Å². The first-order valence-corrected chi connectivity index (χ1v) is 9.91. The largest absolute Gasteiger partial charge is 0.508 e. The fraction of sp³-hybridized carbons (Fsp3) is 0.478. The lowest BCUT2D eigenvalue weighted by atomic mass is 10.0. The van der Waals surface area contributed by atoms with Gasteiger partial charge in [0.2, 0.25) is 0 Å². The summed E-state index contributed by atoms with van der Waals surface area (Å²) in [4.78, 5) is 2.38. The topological polar surface area (TPSA) is 52.9 Å². The van der Waals surface area contributed by atoms with Gasteiger partial charge in [-0.3, -0.25) is 4.90 Å². The number of nitrogens with zero attached hydrogens (tertiary/aromatic N) is 1. The van der Waals surface area contributed by atoms with Crippen LogP contribution in [0.25, 0.3) is 0 Å². The number of aliphatic hydroxyl groups is 1. The van der Waals surface area contributed by atoms with E-state index in [0.29, 0.717) is 24.5 Å². The second-order valence-electron chi connectivity index (χ2n) is 8.33. The van der Waals surface area contributed by atoms with Crippen LogP contribution in [-0.2, 0) is 0 Å². The molecule has 2 N–H and O–H groups in total. The molecule has 4 nitrogen and oxygen atoms in total. The minimum atomic E-state index is -0.508. The highest BCUT2D eigenvalue weighted by Crippen LogP contribution is 2.40. The lowest BCUT2D eigenvalue weighted by Gasteiger charge is -2.23. The molecule has 1 aliphatic carbocycles. The molecule has 1 heterocycles. The maximum absolute atomic E-state index is 10.5. The van der Waals surface area contributed by atoms with Crippen molar-refractivity contribution in [2.45, 2.75) is 38.9 Å². The Balaban J connectivity index is 1.29. The summed E-state index contributed by atoms with van der Waals surface area (Å²) in [5, 5.41) is 19.9. The van der Waals surface area contributed by atoms with E-state index in [4.69, 9.17) is 4.74 Å². The summed E-state index contributed by atoms with van der Waals surface area (Å²) in [5.74, 6) is 2.57. The first-order chi connectivity index (χ1) is 13.0. The fourth-order valence-corrected chi connectivity index (χ4v) is 4.74. The summed E-state index contributed by atoms with van der Waals surface area (Å²) in [5.41, 5.74) is 3.34. The van der Waals surface area contributed by atoms with Crippen molar-refractivity contribution in [2.24, 2.45) is 11.8 Å². The maximum Gasteiger partial charge on any atom is 0.122 e. The minimum absolute atomic E-state index is 0.233. The maximum atomic E-state index is 10.5. The first-order valence-electron chi connectivity index (χ1n) is 9.91. The number of fused-ring (bicyclic) bond motifs is 1. The molecule has 1 saturated carbocycles. The molecule has 0 bridgehead atoms. The van der Waals surface area contributed by atoms with Crippen molar-refractivity contribution in [3.05, 3.63) is 59.2 Å². The van der Waals surface area contributed by atoms with Gasteiger partial charge in [-0.1, -0.05) is 29.8 Å². The highest BCUT2D eigenvalue weighted by atomic mass is 16.5. The summed E-state index contributed by atoms with van der Waals surface area (Å²) in [6.07, 6.45) is 2.00. The number of phenolic OH excluding ortho intramolecular Hbond substituents is 1. The van der Waals surface area contributed by atoms with Crippen molar-refractivity contribution in [3.8, 4) is 11.5 Å². The summed E-state index contributed by atoms with van der Waals surface area (Å²) in [7, 11) is 0. The molecule has 1 saturated heterocycles. The van der Waals surface area contributed by atoms with Crippen molar-refractivity contribution in [3.63, 3.8) is 0 Å². The Morgan fingerprint density at radius 3 is 2.33 bits per heavy atom. The molecule has 0 radical (unpaired) electrons. The smallest absolute Gasteiger partial charge is 0.122 e. The SMILES string of the molecule is Cc1ccc(O[C@H]2C[C@@H]3CN(CC(O)c4ccc(O)cc4)C[C@@H]3C2)c(C)c1. The molecule has 27 heavy (non-hydrogen) atoms. The van der Waals surface area contributed by atoms with Crippen molar-refractivity contribution >= 4 is 0 Å². The van der Waals surface area contributed by atoms with E-state index in [1.54, 1.807) is 24.3 Å². The van der Waals surface area contributed by atoms with E-state index in [-0.39, 0.29) is 5.75 Å². The Morgan fingerprint density at radius 1 is 1.04 bits per heavy atom. The quantitative estimate of drug-likeness (QED) is 0.843. The van der Waals surface area contributed by atoms with Crippen LogP contribution in [-0.4, -0.2) is 40.9 Å². The standard InChI is InChI=1S/C23H29NO3/c1-15-3-8-23(16(2)9-15)27-21-10-18-12-24(13-19(18)11-21)14-22(26)17-4-6-20(25)7-5-17/h3-9,18-19,21-22,25-26H,10-14H2,1-2H3/t18-,19+,21+,22?. The number of β-amino-alcohol motifs (C(OH)–C–C–N with tert-alkyl or cyclic N) is 1. The van der Waals surface area contributed by atoms with Crippen LogP contribution < -0.4 is 4.74 Å². The average molecular weight is 367 g/mol. The number of phenols is 1. The Kier molecular flexibility index (Phi) is 5.11. The zero-order valence-corrected chi connectivity index (χ0v) is 16.1. The van der Waals surface area contributed by atoms with Crippen LogP contribution >= 0.6 is 0 Å². The molecule has 4 heteroatoms. The highest BCUT2D eigenvalue weighted by Gasteiger charge is 2.42. The van der Waals surface area contributed by atoms with Gasteiger partial charge in [-0.2, -0.15) is 0 Å². The van der Waals surface area contributed by atoms with Crippen LogP contribution in [0, 0.1) is 25.7 Å². The van der Waals surface area contributed by atoms with Gasteiger partial charge in [0, 0.05) is 19.6 Å². The number of hydrogen-bond donors (Lipinski definition) is 2. The number of ether oxygens (including phenoxy) is 1. The Hall–Kier alpha value is -2.04. The van der Waals surface area contributed by atoms with Crippen LogP contribution in [0.2, 0.25) is 0 Å².